The Labute approximate surface area is 209 Å². The third-order valence-corrected chi connectivity index (χ3v) is 8.33. The predicted octanol–water partition coefficient (Wildman–Crippen LogP) is 5.62. The van der Waals surface area contributed by atoms with Gasteiger partial charge in [0, 0.05) is 12.5 Å². The molecule has 3 aromatic carbocycles. The Bertz CT molecular complexity index is 1240. The van der Waals surface area contributed by atoms with Crippen LogP contribution in [0, 0.1) is 12.8 Å². The SMILES string of the molecule is Cc1cccc(S(=O)(=O)NCc2ccc([C@H]3CCCC[C@@H]3C(=O)N[C@@H](C)c3ccccc3)cc2)c1. The molecule has 0 spiro atoms. The van der Waals surface area contributed by atoms with E-state index in [0.717, 1.165) is 47.9 Å². The highest BCUT2D eigenvalue weighted by Crippen LogP contribution is 2.38. The molecule has 1 fully saturated rings. The second-order valence-electron chi connectivity index (χ2n) is 9.52. The second kappa shape index (κ2) is 11.2. The van der Waals surface area contributed by atoms with Crippen molar-refractivity contribution in [3.63, 3.8) is 0 Å². The van der Waals surface area contributed by atoms with Crippen molar-refractivity contribution in [1.82, 2.24) is 10.0 Å². The number of rotatable bonds is 8. The number of amides is 1. The Morgan fingerprint density at radius 3 is 2.37 bits per heavy atom. The van der Waals surface area contributed by atoms with E-state index in [2.05, 4.69) is 10.0 Å². The summed E-state index contributed by atoms with van der Waals surface area (Å²) in [5, 5.41) is 3.22. The number of aryl methyl sites for hydroxylation is 1. The van der Waals surface area contributed by atoms with Crippen molar-refractivity contribution in [2.24, 2.45) is 5.92 Å². The Kier molecular flexibility index (Phi) is 8.04. The third-order valence-electron chi connectivity index (χ3n) is 6.94. The van der Waals surface area contributed by atoms with Gasteiger partial charge in [-0.3, -0.25) is 4.79 Å². The summed E-state index contributed by atoms with van der Waals surface area (Å²) in [4.78, 5) is 13.5. The molecule has 1 saturated carbocycles. The summed E-state index contributed by atoms with van der Waals surface area (Å²) >= 11 is 0. The molecule has 0 heterocycles. The van der Waals surface area contributed by atoms with Crippen LogP contribution < -0.4 is 10.0 Å². The molecule has 35 heavy (non-hydrogen) atoms. The van der Waals surface area contributed by atoms with Crippen LogP contribution in [0.3, 0.4) is 0 Å². The summed E-state index contributed by atoms with van der Waals surface area (Å²) in [5.41, 5.74) is 4.04. The van der Waals surface area contributed by atoms with Crippen LogP contribution in [0.25, 0.3) is 0 Å². The summed E-state index contributed by atoms with van der Waals surface area (Å²) in [6, 6.07) is 24.9. The zero-order valence-electron chi connectivity index (χ0n) is 20.4. The van der Waals surface area contributed by atoms with Gasteiger partial charge in [0.05, 0.1) is 10.9 Å². The number of carbonyl (C=O) groups excluding carboxylic acids is 1. The Balaban J connectivity index is 1.41. The molecule has 4 rings (SSSR count). The molecule has 1 aliphatic carbocycles. The fraction of sp³-hybridized carbons (Fsp3) is 0.345. The van der Waals surface area contributed by atoms with E-state index >= 15 is 0 Å². The van der Waals surface area contributed by atoms with Gasteiger partial charge in [0.25, 0.3) is 0 Å². The van der Waals surface area contributed by atoms with Crippen molar-refractivity contribution in [3.8, 4) is 0 Å². The Morgan fingerprint density at radius 2 is 1.66 bits per heavy atom. The van der Waals surface area contributed by atoms with Crippen LogP contribution in [0.15, 0.2) is 83.8 Å². The molecule has 5 nitrogen and oxygen atoms in total. The van der Waals surface area contributed by atoms with Crippen molar-refractivity contribution >= 4 is 15.9 Å². The van der Waals surface area contributed by atoms with Gasteiger partial charge in [-0.05, 0) is 67.0 Å². The molecule has 0 bridgehead atoms. The van der Waals surface area contributed by atoms with Crippen LogP contribution in [0.1, 0.15) is 66.8 Å². The van der Waals surface area contributed by atoms with Gasteiger partial charge >= 0.3 is 0 Å². The zero-order chi connectivity index (χ0) is 24.8. The van der Waals surface area contributed by atoms with Crippen LogP contribution in [0.5, 0.6) is 0 Å². The smallest absolute Gasteiger partial charge is 0.240 e. The highest BCUT2D eigenvalue weighted by Gasteiger charge is 2.32. The molecule has 3 atom stereocenters. The molecule has 2 N–H and O–H groups in total. The minimum Gasteiger partial charge on any atom is -0.349 e. The first-order chi connectivity index (χ1) is 16.8. The quantitative estimate of drug-likeness (QED) is 0.430. The molecule has 0 radical (unpaired) electrons. The largest absolute Gasteiger partial charge is 0.349 e. The van der Waals surface area contributed by atoms with Crippen molar-refractivity contribution in [3.05, 3.63) is 101 Å². The summed E-state index contributed by atoms with van der Waals surface area (Å²) in [7, 11) is -3.57. The van der Waals surface area contributed by atoms with Crippen molar-refractivity contribution < 1.29 is 13.2 Å². The number of benzene rings is 3. The molecule has 6 heteroatoms. The zero-order valence-corrected chi connectivity index (χ0v) is 21.2. The normalized spacial score (nSPS) is 19.1. The maximum atomic E-state index is 13.2. The lowest BCUT2D eigenvalue weighted by Gasteiger charge is -2.32. The van der Waals surface area contributed by atoms with Crippen LogP contribution in [-0.4, -0.2) is 14.3 Å². The monoisotopic (exact) mass is 490 g/mol. The van der Waals surface area contributed by atoms with Gasteiger partial charge in [-0.25, -0.2) is 13.1 Å². The van der Waals surface area contributed by atoms with E-state index in [0.29, 0.717) is 0 Å². The summed E-state index contributed by atoms with van der Waals surface area (Å²) in [6.07, 6.45) is 4.04. The van der Waals surface area contributed by atoms with E-state index in [1.165, 1.54) is 0 Å². The molecule has 1 aliphatic rings. The van der Waals surface area contributed by atoms with Gasteiger partial charge in [-0.2, -0.15) is 0 Å². The van der Waals surface area contributed by atoms with E-state index in [4.69, 9.17) is 0 Å². The van der Waals surface area contributed by atoms with Crippen LogP contribution >= 0.6 is 0 Å². The molecule has 3 aromatic rings. The highest BCUT2D eigenvalue weighted by atomic mass is 32.2. The minimum absolute atomic E-state index is 0.0323. The highest BCUT2D eigenvalue weighted by molar-refractivity contribution is 7.89. The average Bonchev–Trinajstić information content (AvgIpc) is 2.88. The topological polar surface area (TPSA) is 75.3 Å². The number of hydrogen-bond acceptors (Lipinski definition) is 3. The molecular weight excluding hydrogens is 456 g/mol. The number of sulfonamides is 1. The lowest BCUT2D eigenvalue weighted by Crippen LogP contribution is -2.37. The summed E-state index contributed by atoms with van der Waals surface area (Å²) < 4.78 is 27.9. The van der Waals surface area contributed by atoms with Crippen LogP contribution in [-0.2, 0) is 21.4 Å². The first kappa shape index (κ1) is 25.1. The fourth-order valence-electron chi connectivity index (χ4n) is 4.92. The fourth-order valence-corrected chi connectivity index (χ4v) is 6.04. The van der Waals surface area contributed by atoms with Gasteiger partial charge in [0.1, 0.15) is 0 Å². The number of nitrogens with one attached hydrogen (secondary N) is 2. The van der Waals surface area contributed by atoms with Gasteiger partial charge < -0.3 is 5.32 Å². The second-order valence-corrected chi connectivity index (χ2v) is 11.3. The molecule has 0 aliphatic heterocycles. The van der Waals surface area contributed by atoms with Crippen molar-refractivity contribution in [2.45, 2.75) is 62.9 Å². The lowest BCUT2D eigenvalue weighted by atomic mass is 9.75. The summed E-state index contributed by atoms with van der Waals surface area (Å²) in [5.74, 6) is 0.228. The van der Waals surface area contributed by atoms with Gasteiger partial charge in [0.2, 0.25) is 15.9 Å². The molecule has 1 amide bonds. The lowest BCUT2D eigenvalue weighted by molar-refractivity contribution is -0.127. The van der Waals surface area contributed by atoms with Crippen LogP contribution in [0.4, 0.5) is 0 Å². The Hall–Kier alpha value is -2.96. The van der Waals surface area contributed by atoms with Gasteiger partial charge in [-0.15, -0.1) is 0 Å². The molecule has 0 saturated heterocycles. The van der Waals surface area contributed by atoms with Gasteiger partial charge in [0.15, 0.2) is 0 Å². The molecule has 184 valence electrons. The van der Waals surface area contributed by atoms with Crippen molar-refractivity contribution in [2.75, 3.05) is 0 Å². The van der Waals surface area contributed by atoms with E-state index in [1.807, 2.05) is 74.5 Å². The predicted molar refractivity (Wildman–Crippen MR) is 139 cm³/mol. The van der Waals surface area contributed by atoms with E-state index in [1.54, 1.807) is 18.2 Å². The maximum absolute atomic E-state index is 13.2. The first-order valence-electron chi connectivity index (χ1n) is 12.3. The van der Waals surface area contributed by atoms with E-state index in [9.17, 15) is 13.2 Å². The molecular formula is C29H34N2O3S. The average molecular weight is 491 g/mol. The first-order valence-corrected chi connectivity index (χ1v) is 13.8. The number of carbonyl (C=O) groups is 1. The maximum Gasteiger partial charge on any atom is 0.240 e. The van der Waals surface area contributed by atoms with E-state index in [-0.39, 0.29) is 35.2 Å². The van der Waals surface area contributed by atoms with Crippen molar-refractivity contribution in [1.29, 1.82) is 0 Å². The molecule has 0 unspecified atom stereocenters. The third kappa shape index (κ3) is 6.38. The van der Waals surface area contributed by atoms with E-state index < -0.39 is 10.0 Å². The van der Waals surface area contributed by atoms with Gasteiger partial charge in [-0.1, -0.05) is 79.6 Å². The summed E-state index contributed by atoms with van der Waals surface area (Å²) in [6.45, 7) is 4.12. The van der Waals surface area contributed by atoms with Crippen LogP contribution in [0.2, 0.25) is 0 Å². The number of hydrogen-bond donors (Lipinski definition) is 2. The minimum atomic E-state index is -3.57. The Morgan fingerprint density at radius 1 is 0.943 bits per heavy atom. The standard InChI is InChI=1S/C29H34N2O3S/c1-21-9-8-12-26(19-21)35(33,34)30-20-23-15-17-25(18-16-23)27-13-6-7-14-28(27)29(32)31-22(2)24-10-4-3-5-11-24/h3-5,8-12,15-19,22,27-28,30H,6-7,13-14,20H2,1-2H3,(H,31,32)/t22-,27+,28-/m0/s1. The molecule has 0 aromatic heterocycles.